The third-order valence-corrected chi connectivity index (χ3v) is 2.21. The number of hydrogen-bond acceptors (Lipinski definition) is 4. The lowest BCUT2D eigenvalue weighted by Gasteiger charge is -2.03. The van der Waals surface area contributed by atoms with Crippen LogP contribution in [0, 0.1) is 17.1 Å². The fourth-order valence-electron chi connectivity index (χ4n) is 1.38. The fraction of sp³-hybridized carbons (Fsp3) is 0.0833. The van der Waals surface area contributed by atoms with Crippen molar-refractivity contribution in [1.29, 1.82) is 5.26 Å². The van der Waals surface area contributed by atoms with Gasteiger partial charge in [-0.15, -0.1) is 0 Å². The van der Waals surface area contributed by atoms with E-state index in [0.29, 0.717) is 5.69 Å². The second kappa shape index (κ2) is 4.68. The SMILES string of the molecule is N#Cc1ccc(-c2nccc(CO)n2)c(F)c1. The lowest BCUT2D eigenvalue weighted by atomic mass is 10.1. The minimum Gasteiger partial charge on any atom is -0.390 e. The maximum Gasteiger partial charge on any atom is 0.162 e. The highest BCUT2D eigenvalue weighted by molar-refractivity contribution is 5.57. The summed E-state index contributed by atoms with van der Waals surface area (Å²) in [6, 6.07) is 7.47. The third kappa shape index (κ3) is 2.27. The van der Waals surface area contributed by atoms with Crippen molar-refractivity contribution in [3.8, 4) is 17.5 Å². The Kier molecular flexibility index (Phi) is 3.08. The Morgan fingerprint density at radius 3 is 2.82 bits per heavy atom. The Hall–Kier alpha value is -2.32. The first-order valence-corrected chi connectivity index (χ1v) is 4.87. The molecule has 1 aromatic carbocycles. The summed E-state index contributed by atoms with van der Waals surface area (Å²) in [7, 11) is 0. The molecular formula is C12H8FN3O. The minimum absolute atomic E-state index is 0.193. The topological polar surface area (TPSA) is 69.8 Å². The Balaban J connectivity index is 2.49. The highest BCUT2D eigenvalue weighted by Crippen LogP contribution is 2.20. The van der Waals surface area contributed by atoms with Gasteiger partial charge >= 0.3 is 0 Å². The molecule has 4 nitrogen and oxygen atoms in total. The van der Waals surface area contributed by atoms with Gasteiger partial charge in [-0.25, -0.2) is 14.4 Å². The van der Waals surface area contributed by atoms with Crippen molar-refractivity contribution < 1.29 is 9.50 Å². The molecular weight excluding hydrogens is 221 g/mol. The summed E-state index contributed by atoms with van der Waals surface area (Å²) in [5.74, 6) is -0.363. The second-order valence-electron chi connectivity index (χ2n) is 3.34. The minimum atomic E-state index is -0.556. The molecule has 0 radical (unpaired) electrons. The number of rotatable bonds is 2. The van der Waals surface area contributed by atoms with Crippen molar-refractivity contribution in [2.45, 2.75) is 6.61 Å². The molecule has 0 spiro atoms. The molecule has 84 valence electrons. The number of aliphatic hydroxyl groups is 1. The molecule has 17 heavy (non-hydrogen) atoms. The van der Waals surface area contributed by atoms with Crippen LogP contribution in [-0.4, -0.2) is 15.1 Å². The Morgan fingerprint density at radius 2 is 2.18 bits per heavy atom. The molecule has 1 N–H and O–H groups in total. The molecule has 0 aliphatic heterocycles. The van der Waals surface area contributed by atoms with Gasteiger partial charge in [-0.2, -0.15) is 5.26 Å². The molecule has 0 bridgehead atoms. The van der Waals surface area contributed by atoms with Gasteiger partial charge in [0.25, 0.3) is 0 Å². The van der Waals surface area contributed by atoms with Gasteiger partial charge < -0.3 is 5.11 Å². The van der Waals surface area contributed by atoms with Crippen molar-refractivity contribution in [2.75, 3.05) is 0 Å². The van der Waals surface area contributed by atoms with Crippen LogP contribution >= 0.6 is 0 Å². The molecule has 0 atom stereocenters. The number of benzene rings is 1. The summed E-state index contributed by atoms with van der Waals surface area (Å²) in [6.45, 7) is -0.229. The second-order valence-corrected chi connectivity index (χ2v) is 3.34. The number of nitrogens with zero attached hydrogens (tertiary/aromatic N) is 3. The van der Waals surface area contributed by atoms with Gasteiger partial charge in [-0.3, -0.25) is 0 Å². The van der Waals surface area contributed by atoms with Gasteiger partial charge in [0.1, 0.15) is 5.82 Å². The van der Waals surface area contributed by atoms with Gasteiger partial charge in [-0.05, 0) is 24.3 Å². The first kappa shape index (κ1) is 11.2. The molecule has 0 aliphatic rings. The van der Waals surface area contributed by atoms with Crippen molar-refractivity contribution >= 4 is 0 Å². The van der Waals surface area contributed by atoms with E-state index in [1.54, 1.807) is 6.07 Å². The third-order valence-electron chi connectivity index (χ3n) is 2.21. The van der Waals surface area contributed by atoms with E-state index in [2.05, 4.69) is 9.97 Å². The zero-order valence-electron chi connectivity index (χ0n) is 8.76. The van der Waals surface area contributed by atoms with Crippen LogP contribution in [0.3, 0.4) is 0 Å². The quantitative estimate of drug-likeness (QED) is 0.849. The molecule has 2 rings (SSSR count). The van der Waals surface area contributed by atoms with Crippen molar-refractivity contribution in [1.82, 2.24) is 9.97 Å². The Labute approximate surface area is 97.0 Å². The van der Waals surface area contributed by atoms with Crippen LogP contribution in [0.4, 0.5) is 4.39 Å². The molecule has 0 saturated heterocycles. The normalized spacial score (nSPS) is 9.94. The molecule has 0 unspecified atom stereocenters. The highest BCUT2D eigenvalue weighted by atomic mass is 19.1. The smallest absolute Gasteiger partial charge is 0.162 e. The van der Waals surface area contributed by atoms with Crippen LogP contribution in [-0.2, 0) is 6.61 Å². The lowest BCUT2D eigenvalue weighted by molar-refractivity contribution is 0.277. The van der Waals surface area contributed by atoms with Gasteiger partial charge in [-0.1, -0.05) is 0 Å². The predicted molar refractivity (Wildman–Crippen MR) is 58.1 cm³/mol. The van der Waals surface area contributed by atoms with Crippen LogP contribution < -0.4 is 0 Å². The fourth-order valence-corrected chi connectivity index (χ4v) is 1.38. The number of aliphatic hydroxyl groups excluding tert-OH is 1. The largest absolute Gasteiger partial charge is 0.390 e. The van der Waals surface area contributed by atoms with Crippen LogP contribution in [0.2, 0.25) is 0 Å². The van der Waals surface area contributed by atoms with Crippen LogP contribution in [0.25, 0.3) is 11.4 Å². The number of hydrogen-bond donors (Lipinski definition) is 1. The summed E-state index contributed by atoms with van der Waals surface area (Å²) in [5, 5.41) is 17.6. The highest BCUT2D eigenvalue weighted by Gasteiger charge is 2.09. The van der Waals surface area contributed by atoms with Gasteiger partial charge in [0, 0.05) is 6.20 Å². The van der Waals surface area contributed by atoms with Crippen LogP contribution in [0.15, 0.2) is 30.5 Å². The molecule has 2 aromatic rings. The predicted octanol–water partition coefficient (Wildman–Crippen LogP) is 1.65. The molecule has 0 saturated carbocycles. The zero-order chi connectivity index (χ0) is 12.3. The van der Waals surface area contributed by atoms with Crippen molar-refractivity contribution in [3.05, 3.63) is 47.5 Å². The maximum absolute atomic E-state index is 13.7. The molecule has 0 amide bonds. The molecule has 0 fully saturated rings. The summed E-state index contributed by atoms with van der Waals surface area (Å²) < 4.78 is 13.7. The zero-order valence-corrected chi connectivity index (χ0v) is 8.76. The summed E-state index contributed by atoms with van der Waals surface area (Å²) in [6.07, 6.45) is 1.45. The number of halogens is 1. The standard InChI is InChI=1S/C12H8FN3O/c13-11-5-8(6-14)1-2-10(11)12-15-4-3-9(7-17)16-12/h1-5,17H,7H2. The summed E-state index contributed by atoms with van der Waals surface area (Å²) in [4.78, 5) is 7.92. The average Bonchev–Trinajstić information content (AvgIpc) is 2.38. The number of aromatic nitrogens is 2. The van der Waals surface area contributed by atoms with E-state index in [1.807, 2.05) is 6.07 Å². The van der Waals surface area contributed by atoms with Crippen LogP contribution in [0.1, 0.15) is 11.3 Å². The van der Waals surface area contributed by atoms with Crippen molar-refractivity contribution in [2.24, 2.45) is 0 Å². The number of nitriles is 1. The first-order chi connectivity index (χ1) is 8.24. The molecule has 0 aliphatic carbocycles. The monoisotopic (exact) mass is 229 g/mol. The average molecular weight is 229 g/mol. The van der Waals surface area contributed by atoms with E-state index in [9.17, 15) is 4.39 Å². The van der Waals surface area contributed by atoms with E-state index >= 15 is 0 Å². The molecule has 1 heterocycles. The maximum atomic E-state index is 13.7. The molecule has 1 aromatic heterocycles. The summed E-state index contributed by atoms with van der Waals surface area (Å²) >= 11 is 0. The molecule has 5 heteroatoms. The van der Waals surface area contributed by atoms with E-state index < -0.39 is 5.82 Å². The van der Waals surface area contributed by atoms with Gasteiger partial charge in [0.05, 0.1) is 29.5 Å². The van der Waals surface area contributed by atoms with Crippen molar-refractivity contribution in [3.63, 3.8) is 0 Å². The van der Waals surface area contributed by atoms with E-state index in [0.717, 1.165) is 6.07 Å². The first-order valence-electron chi connectivity index (χ1n) is 4.87. The Bertz CT molecular complexity index is 593. The van der Waals surface area contributed by atoms with Gasteiger partial charge in [0.15, 0.2) is 5.82 Å². The van der Waals surface area contributed by atoms with Gasteiger partial charge in [0.2, 0.25) is 0 Å². The van der Waals surface area contributed by atoms with E-state index in [-0.39, 0.29) is 23.6 Å². The van der Waals surface area contributed by atoms with E-state index in [1.165, 1.54) is 18.3 Å². The Morgan fingerprint density at radius 1 is 1.35 bits per heavy atom. The van der Waals surface area contributed by atoms with E-state index in [4.69, 9.17) is 10.4 Å². The lowest BCUT2D eigenvalue weighted by Crippen LogP contribution is -1.96. The van der Waals surface area contributed by atoms with Crippen LogP contribution in [0.5, 0.6) is 0 Å². The summed E-state index contributed by atoms with van der Waals surface area (Å²) in [5.41, 5.74) is 0.864.